The van der Waals surface area contributed by atoms with Crippen molar-refractivity contribution in [1.29, 1.82) is 0 Å². The molecule has 0 fully saturated rings. The molecule has 0 amide bonds. The first-order valence-electron chi connectivity index (χ1n) is 9.05. The summed E-state index contributed by atoms with van der Waals surface area (Å²) in [7, 11) is -3.90. The van der Waals surface area contributed by atoms with Crippen molar-refractivity contribution in [2.45, 2.75) is 18.2 Å². The van der Waals surface area contributed by atoms with Gasteiger partial charge in [-0.05, 0) is 48.9 Å². The highest BCUT2D eigenvalue weighted by atomic mass is 35.5. The van der Waals surface area contributed by atoms with Crippen LogP contribution >= 0.6 is 11.6 Å². The molecule has 0 spiro atoms. The summed E-state index contributed by atoms with van der Waals surface area (Å²) in [5.41, 5.74) is 0.775. The van der Waals surface area contributed by atoms with Crippen LogP contribution in [0.1, 0.15) is 29.3 Å². The van der Waals surface area contributed by atoms with E-state index in [0.29, 0.717) is 22.9 Å². The maximum Gasteiger partial charge on any atom is 0.261 e. The first-order valence-corrected chi connectivity index (χ1v) is 10.9. The van der Waals surface area contributed by atoms with Crippen LogP contribution in [0.4, 0.5) is 5.69 Å². The van der Waals surface area contributed by atoms with Gasteiger partial charge in [-0.3, -0.25) is 9.52 Å². The molecule has 0 bridgehead atoms. The van der Waals surface area contributed by atoms with Crippen molar-refractivity contribution in [2.75, 3.05) is 11.3 Å². The van der Waals surface area contributed by atoms with E-state index in [1.807, 2.05) is 6.92 Å². The molecule has 5 nitrogen and oxygen atoms in total. The number of hydrogen-bond acceptors (Lipinski definition) is 4. The van der Waals surface area contributed by atoms with E-state index in [4.69, 9.17) is 16.3 Å². The third kappa shape index (κ3) is 5.16. The summed E-state index contributed by atoms with van der Waals surface area (Å²) < 4.78 is 33.6. The van der Waals surface area contributed by atoms with Gasteiger partial charge in [-0.1, -0.05) is 48.9 Å². The van der Waals surface area contributed by atoms with Crippen molar-refractivity contribution in [2.24, 2.45) is 0 Å². The van der Waals surface area contributed by atoms with Gasteiger partial charge in [0, 0.05) is 16.1 Å². The highest BCUT2D eigenvalue weighted by Gasteiger charge is 2.20. The molecule has 0 aliphatic carbocycles. The van der Waals surface area contributed by atoms with Gasteiger partial charge < -0.3 is 4.74 Å². The zero-order valence-electron chi connectivity index (χ0n) is 15.8. The van der Waals surface area contributed by atoms with Crippen LogP contribution in [0.3, 0.4) is 0 Å². The van der Waals surface area contributed by atoms with E-state index < -0.39 is 10.0 Å². The van der Waals surface area contributed by atoms with Crippen LogP contribution in [0.2, 0.25) is 5.02 Å². The van der Waals surface area contributed by atoms with E-state index in [9.17, 15) is 13.2 Å². The van der Waals surface area contributed by atoms with Gasteiger partial charge in [0.2, 0.25) is 0 Å². The molecule has 1 N–H and O–H groups in total. The van der Waals surface area contributed by atoms with E-state index in [1.54, 1.807) is 42.5 Å². The van der Waals surface area contributed by atoms with E-state index in [2.05, 4.69) is 4.72 Å². The normalized spacial score (nSPS) is 11.1. The van der Waals surface area contributed by atoms with Crippen LogP contribution < -0.4 is 9.46 Å². The lowest BCUT2D eigenvalue weighted by atomic mass is 10.0. The molecule has 0 saturated carbocycles. The summed E-state index contributed by atoms with van der Waals surface area (Å²) in [5, 5.41) is 0.338. The Bertz CT molecular complexity index is 1100. The predicted octanol–water partition coefficient (Wildman–Crippen LogP) is 5.16. The van der Waals surface area contributed by atoms with Gasteiger partial charge in [0.05, 0.1) is 17.2 Å². The molecular weight excluding hydrogens is 410 g/mol. The number of carbonyl (C=O) groups is 1. The van der Waals surface area contributed by atoms with Crippen molar-refractivity contribution < 1.29 is 17.9 Å². The molecule has 0 aliphatic heterocycles. The minimum atomic E-state index is -3.90. The lowest BCUT2D eigenvalue weighted by Crippen LogP contribution is -2.16. The van der Waals surface area contributed by atoms with Gasteiger partial charge in [0.15, 0.2) is 5.78 Å². The largest absolute Gasteiger partial charge is 0.494 e. The molecule has 0 unspecified atom stereocenters. The summed E-state index contributed by atoms with van der Waals surface area (Å²) in [6.07, 6.45) is 0.858. The Morgan fingerprint density at radius 2 is 1.69 bits per heavy atom. The number of anilines is 1. The molecule has 0 aliphatic rings. The van der Waals surface area contributed by atoms with E-state index in [0.717, 1.165) is 6.42 Å². The van der Waals surface area contributed by atoms with E-state index >= 15 is 0 Å². The molecule has 150 valence electrons. The Hall–Kier alpha value is -2.83. The quantitative estimate of drug-likeness (QED) is 0.502. The summed E-state index contributed by atoms with van der Waals surface area (Å²) in [6.45, 7) is 2.54. The van der Waals surface area contributed by atoms with Crippen LogP contribution in [0, 0.1) is 0 Å². The minimum Gasteiger partial charge on any atom is -0.494 e. The fraction of sp³-hybridized carbons (Fsp3) is 0.136. The Balaban J connectivity index is 1.90. The number of nitrogens with one attached hydrogen (secondary N) is 1. The van der Waals surface area contributed by atoms with Crippen LogP contribution in [0.5, 0.6) is 5.75 Å². The third-order valence-corrected chi connectivity index (χ3v) is 5.73. The van der Waals surface area contributed by atoms with Gasteiger partial charge >= 0.3 is 0 Å². The molecule has 0 saturated heterocycles. The van der Waals surface area contributed by atoms with Crippen LogP contribution in [-0.4, -0.2) is 20.8 Å². The topological polar surface area (TPSA) is 72.5 Å². The lowest BCUT2D eigenvalue weighted by Gasteiger charge is -2.13. The first kappa shape index (κ1) is 20.9. The smallest absolute Gasteiger partial charge is 0.261 e. The average Bonchev–Trinajstić information content (AvgIpc) is 2.74. The van der Waals surface area contributed by atoms with Crippen molar-refractivity contribution in [1.82, 2.24) is 0 Å². The van der Waals surface area contributed by atoms with Crippen molar-refractivity contribution >= 4 is 33.1 Å². The second kappa shape index (κ2) is 9.11. The average molecular weight is 430 g/mol. The number of carbonyl (C=O) groups excluding carboxylic acids is 1. The monoisotopic (exact) mass is 429 g/mol. The summed E-state index contributed by atoms with van der Waals surface area (Å²) in [4.78, 5) is 12.9. The second-order valence-corrected chi connectivity index (χ2v) is 8.43. The maximum atomic E-state index is 12.9. The Kier molecular flexibility index (Phi) is 6.56. The number of ketones is 1. The molecule has 0 atom stereocenters. The number of sulfonamides is 1. The van der Waals surface area contributed by atoms with Crippen molar-refractivity contribution in [3.63, 3.8) is 0 Å². The minimum absolute atomic E-state index is 0.0643. The maximum absolute atomic E-state index is 12.9. The zero-order valence-corrected chi connectivity index (χ0v) is 17.3. The van der Waals surface area contributed by atoms with Crippen molar-refractivity contribution in [3.8, 4) is 5.75 Å². The SMILES string of the molecule is CCCOc1ccc(S(=O)(=O)Nc2ccc(Cl)cc2C(=O)c2ccccc2)cc1. The van der Waals surface area contributed by atoms with Gasteiger partial charge in [-0.15, -0.1) is 0 Å². The molecule has 29 heavy (non-hydrogen) atoms. The predicted molar refractivity (Wildman–Crippen MR) is 114 cm³/mol. The highest BCUT2D eigenvalue weighted by molar-refractivity contribution is 7.92. The molecule has 7 heteroatoms. The number of halogens is 1. The number of rotatable bonds is 8. The molecule has 0 radical (unpaired) electrons. The van der Waals surface area contributed by atoms with Gasteiger partial charge in [0.1, 0.15) is 5.75 Å². The van der Waals surface area contributed by atoms with Crippen LogP contribution in [-0.2, 0) is 10.0 Å². The number of hydrogen-bond donors (Lipinski definition) is 1. The second-order valence-electron chi connectivity index (χ2n) is 6.31. The Labute approximate surface area is 175 Å². The molecule has 3 rings (SSSR count). The number of ether oxygens (including phenoxy) is 1. The van der Waals surface area contributed by atoms with Gasteiger partial charge in [0.25, 0.3) is 10.0 Å². The van der Waals surface area contributed by atoms with Crippen LogP contribution in [0.25, 0.3) is 0 Å². The van der Waals surface area contributed by atoms with Gasteiger partial charge in [-0.25, -0.2) is 8.42 Å². The Morgan fingerprint density at radius 3 is 2.34 bits per heavy atom. The van der Waals surface area contributed by atoms with Crippen molar-refractivity contribution in [3.05, 3.63) is 88.9 Å². The van der Waals surface area contributed by atoms with Gasteiger partial charge in [-0.2, -0.15) is 0 Å². The molecule has 0 heterocycles. The van der Waals surface area contributed by atoms with E-state index in [-0.39, 0.29) is 21.9 Å². The molecule has 3 aromatic carbocycles. The van der Waals surface area contributed by atoms with Crippen LogP contribution in [0.15, 0.2) is 77.7 Å². The first-order chi connectivity index (χ1) is 13.9. The molecular formula is C22H20ClNO4S. The fourth-order valence-corrected chi connectivity index (χ4v) is 3.93. The highest BCUT2D eigenvalue weighted by Crippen LogP contribution is 2.26. The Morgan fingerprint density at radius 1 is 1.00 bits per heavy atom. The van der Waals surface area contributed by atoms with E-state index in [1.165, 1.54) is 30.3 Å². The lowest BCUT2D eigenvalue weighted by molar-refractivity contribution is 0.103. The third-order valence-electron chi connectivity index (χ3n) is 4.11. The standard InChI is InChI=1S/C22H20ClNO4S/c1-2-14-28-18-9-11-19(12-10-18)29(26,27)24-21-13-8-17(23)15-20(21)22(25)16-6-4-3-5-7-16/h3-13,15,24H,2,14H2,1H3. The number of benzene rings is 3. The molecule has 0 aromatic heterocycles. The zero-order chi connectivity index (χ0) is 20.9. The molecule has 3 aromatic rings. The fourth-order valence-electron chi connectivity index (χ4n) is 2.68. The summed E-state index contributed by atoms with van der Waals surface area (Å²) in [6, 6.07) is 19.2. The summed E-state index contributed by atoms with van der Waals surface area (Å²) in [5.74, 6) is 0.270. The summed E-state index contributed by atoms with van der Waals surface area (Å²) >= 11 is 6.05.